The number of nitrogens with one attached hydrogen (secondary N) is 1. The molecule has 1 N–H and O–H groups in total. The minimum absolute atomic E-state index is 0.0699. The number of amides is 2. The molecule has 1 aromatic rings. The lowest BCUT2D eigenvalue weighted by Crippen LogP contribution is -2.47. The highest BCUT2D eigenvalue weighted by Crippen LogP contribution is 2.24. The summed E-state index contributed by atoms with van der Waals surface area (Å²) in [6.07, 6.45) is 4.39. The molecular weight excluding hydrogens is 276 g/mol. The lowest BCUT2D eigenvalue weighted by Gasteiger charge is -2.30. The number of likely N-dealkylation sites (tertiary alicyclic amines) is 1. The molecule has 0 unspecified atom stereocenters. The maximum Gasteiger partial charge on any atom is 0.239 e. The molecule has 1 aliphatic heterocycles. The maximum absolute atomic E-state index is 12.7. The van der Waals surface area contributed by atoms with Crippen molar-refractivity contribution in [3.05, 3.63) is 29.8 Å². The third-order valence-corrected chi connectivity index (χ3v) is 4.27. The molecule has 0 spiro atoms. The van der Waals surface area contributed by atoms with E-state index in [4.69, 9.17) is 0 Å². The predicted octanol–water partition coefficient (Wildman–Crippen LogP) is 3.36. The van der Waals surface area contributed by atoms with Gasteiger partial charge in [0.25, 0.3) is 0 Å². The third kappa shape index (κ3) is 3.87. The molecule has 1 heterocycles. The highest BCUT2D eigenvalue weighted by Gasteiger charge is 2.39. The number of nitrogens with zero attached hydrogens (tertiary/aromatic N) is 1. The summed E-state index contributed by atoms with van der Waals surface area (Å²) in [4.78, 5) is 27.1. The number of rotatable bonds is 3. The van der Waals surface area contributed by atoms with Crippen molar-refractivity contribution >= 4 is 17.5 Å². The van der Waals surface area contributed by atoms with Crippen LogP contribution in [-0.4, -0.2) is 29.8 Å². The van der Waals surface area contributed by atoms with Crippen LogP contribution in [0.1, 0.15) is 45.1 Å². The van der Waals surface area contributed by atoms with Crippen LogP contribution in [0.25, 0.3) is 0 Å². The third-order valence-electron chi connectivity index (χ3n) is 4.27. The van der Waals surface area contributed by atoms with Gasteiger partial charge in [0.2, 0.25) is 11.8 Å². The Morgan fingerprint density at radius 1 is 1.09 bits per heavy atom. The molecule has 1 saturated heterocycles. The van der Waals surface area contributed by atoms with E-state index in [1.807, 2.05) is 36.1 Å². The van der Waals surface area contributed by atoms with E-state index < -0.39 is 5.41 Å². The number of carbonyl (C=O) groups excluding carboxylic acids is 2. The fourth-order valence-corrected chi connectivity index (χ4v) is 2.78. The van der Waals surface area contributed by atoms with E-state index in [9.17, 15) is 9.59 Å². The van der Waals surface area contributed by atoms with Crippen LogP contribution in [0.5, 0.6) is 0 Å². The standard InChI is InChI=1S/C18H26N2O2/c1-14-9-8-10-15(13-14)19-16(21)18(2,3)17(22)20-11-6-4-5-7-12-20/h8-10,13H,4-7,11-12H2,1-3H3,(H,19,21). The van der Waals surface area contributed by atoms with Crippen LogP contribution >= 0.6 is 0 Å². The molecule has 0 radical (unpaired) electrons. The van der Waals surface area contributed by atoms with Gasteiger partial charge in [0, 0.05) is 18.8 Å². The van der Waals surface area contributed by atoms with Crippen LogP contribution in [0.3, 0.4) is 0 Å². The van der Waals surface area contributed by atoms with Gasteiger partial charge in [-0.3, -0.25) is 9.59 Å². The van der Waals surface area contributed by atoms with Gasteiger partial charge in [0.15, 0.2) is 0 Å². The summed E-state index contributed by atoms with van der Waals surface area (Å²) in [6.45, 7) is 6.93. The summed E-state index contributed by atoms with van der Waals surface area (Å²) in [5, 5.41) is 2.87. The van der Waals surface area contributed by atoms with Crippen molar-refractivity contribution in [2.75, 3.05) is 18.4 Å². The highest BCUT2D eigenvalue weighted by atomic mass is 16.2. The van der Waals surface area contributed by atoms with Crippen LogP contribution in [0.4, 0.5) is 5.69 Å². The van der Waals surface area contributed by atoms with Crippen molar-refractivity contribution in [3.63, 3.8) is 0 Å². The topological polar surface area (TPSA) is 49.4 Å². The smallest absolute Gasteiger partial charge is 0.239 e. The van der Waals surface area contributed by atoms with E-state index in [2.05, 4.69) is 5.32 Å². The van der Waals surface area contributed by atoms with Gasteiger partial charge in [0.05, 0.1) is 0 Å². The SMILES string of the molecule is Cc1cccc(NC(=O)C(C)(C)C(=O)N2CCCCCC2)c1. The fraction of sp³-hybridized carbons (Fsp3) is 0.556. The van der Waals surface area contributed by atoms with E-state index in [0.29, 0.717) is 0 Å². The van der Waals surface area contributed by atoms with Crippen molar-refractivity contribution in [3.8, 4) is 0 Å². The van der Waals surface area contributed by atoms with Crippen molar-refractivity contribution < 1.29 is 9.59 Å². The first-order chi connectivity index (χ1) is 10.4. The van der Waals surface area contributed by atoms with Gasteiger partial charge in [-0.1, -0.05) is 25.0 Å². The van der Waals surface area contributed by atoms with Gasteiger partial charge in [-0.2, -0.15) is 0 Å². The second kappa shape index (κ2) is 6.95. The summed E-state index contributed by atoms with van der Waals surface area (Å²) in [6, 6.07) is 7.62. The molecule has 0 aromatic heterocycles. The van der Waals surface area contributed by atoms with Crippen molar-refractivity contribution in [1.82, 2.24) is 4.90 Å². The molecule has 22 heavy (non-hydrogen) atoms. The Hall–Kier alpha value is -1.84. The second-order valence-corrected chi connectivity index (χ2v) is 6.66. The Bertz CT molecular complexity index is 544. The van der Waals surface area contributed by atoms with E-state index in [-0.39, 0.29) is 11.8 Å². The van der Waals surface area contributed by atoms with Crippen molar-refractivity contribution in [2.45, 2.75) is 46.5 Å². The predicted molar refractivity (Wildman–Crippen MR) is 88.6 cm³/mol. The zero-order chi connectivity index (χ0) is 16.2. The van der Waals surface area contributed by atoms with Crippen LogP contribution < -0.4 is 5.32 Å². The summed E-state index contributed by atoms with van der Waals surface area (Å²) >= 11 is 0. The molecule has 2 rings (SSSR count). The highest BCUT2D eigenvalue weighted by molar-refractivity contribution is 6.09. The van der Waals surface area contributed by atoms with Crippen LogP contribution in [0, 0.1) is 12.3 Å². The zero-order valence-corrected chi connectivity index (χ0v) is 13.8. The quantitative estimate of drug-likeness (QED) is 0.870. The minimum atomic E-state index is -1.05. The van der Waals surface area contributed by atoms with E-state index in [1.165, 1.54) is 12.8 Å². The summed E-state index contributed by atoms with van der Waals surface area (Å²) < 4.78 is 0. The summed E-state index contributed by atoms with van der Waals surface area (Å²) in [5.41, 5.74) is 0.768. The molecule has 0 saturated carbocycles. The van der Waals surface area contributed by atoms with Gasteiger partial charge in [-0.25, -0.2) is 0 Å². The van der Waals surface area contributed by atoms with E-state index in [0.717, 1.165) is 37.2 Å². The van der Waals surface area contributed by atoms with Crippen molar-refractivity contribution in [1.29, 1.82) is 0 Å². The van der Waals surface area contributed by atoms with Crippen LogP contribution in [0.2, 0.25) is 0 Å². The van der Waals surface area contributed by atoms with Crippen LogP contribution in [0.15, 0.2) is 24.3 Å². The lowest BCUT2D eigenvalue weighted by atomic mass is 9.90. The zero-order valence-electron chi connectivity index (χ0n) is 13.8. The number of anilines is 1. The van der Waals surface area contributed by atoms with Crippen molar-refractivity contribution in [2.24, 2.45) is 5.41 Å². The molecule has 2 amide bonds. The molecule has 120 valence electrons. The molecule has 1 aromatic carbocycles. The number of aryl methyl sites for hydroxylation is 1. The van der Waals surface area contributed by atoms with E-state index in [1.54, 1.807) is 13.8 Å². The van der Waals surface area contributed by atoms with Gasteiger partial charge in [-0.15, -0.1) is 0 Å². The largest absolute Gasteiger partial charge is 0.342 e. The average molecular weight is 302 g/mol. The van der Waals surface area contributed by atoms with Gasteiger partial charge >= 0.3 is 0 Å². The first-order valence-corrected chi connectivity index (χ1v) is 8.09. The van der Waals surface area contributed by atoms with E-state index >= 15 is 0 Å². The van der Waals surface area contributed by atoms with Crippen LogP contribution in [-0.2, 0) is 9.59 Å². The molecule has 0 atom stereocenters. The molecule has 0 bridgehead atoms. The maximum atomic E-state index is 12.7. The first kappa shape index (κ1) is 16.5. The second-order valence-electron chi connectivity index (χ2n) is 6.66. The minimum Gasteiger partial charge on any atom is -0.342 e. The Balaban J connectivity index is 2.07. The Morgan fingerprint density at radius 2 is 1.73 bits per heavy atom. The number of carbonyl (C=O) groups is 2. The summed E-state index contributed by atoms with van der Waals surface area (Å²) in [7, 11) is 0. The first-order valence-electron chi connectivity index (χ1n) is 8.09. The molecule has 0 aliphatic carbocycles. The Morgan fingerprint density at radius 3 is 2.32 bits per heavy atom. The summed E-state index contributed by atoms with van der Waals surface area (Å²) in [5.74, 6) is -0.313. The lowest BCUT2D eigenvalue weighted by molar-refractivity contribution is -0.146. The Kier molecular flexibility index (Phi) is 5.22. The number of hydrogen-bond donors (Lipinski definition) is 1. The monoisotopic (exact) mass is 302 g/mol. The fourth-order valence-electron chi connectivity index (χ4n) is 2.78. The van der Waals surface area contributed by atoms with Gasteiger partial charge < -0.3 is 10.2 Å². The number of hydrogen-bond acceptors (Lipinski definition) is 2. The molecule has 1 fully saturated rings. The normalized spacial score (nSPS) is 16.0. The molecule has 1 aliphatic rings. The van der Waals surface area contributed by atoms with Gasteiger partial charge in [0.1, 0.15) is 5.41 Å². The molecule has 4 nitrogen and oxygen atoms in total. The average Bonchev–Trinajstić information content (AvgIpc) is 2.75. The molecular formula is C18H26N2O2. The number of benzene rings is 1. The Labute approximate surface area is 132 Å². The van der Waals surface area contributed by atoms with Gasteiger partial charge in [-0.05, 0) is 51.3 Å². The molecule has 4 heteroatoms.